The third-order valence-corrected chi connectivity index (χ3v) is 4.06. The molecule has 3 aromatic carbocycles. The van der Waals surface area contributed by atoms with Gasteiger partial charge in [-0.2, -0.15) is 0 Å². The van der Waals surface area contributed by atoms with Gasteiger partial charge in [0, 0.05) is 21.7 Å². The first-order valence-corrected chi connectivity index (χ1v) is 8.20. The Labute approximate surface area is 151 Å². The Morgan fingerprint density at radius 1 is 0.840 bits per heavy atom. The molecule has 25 heavy (non-hydrogen) atoms. The van der Waals surface area contributed by atoms with Crippen LogP contribution in [-0.2, 0) is 0 Å². The van der Waals surface area contributed by atoms with Gasteiger partial charge in [-0.05, 0) is 43.3 Å². The lowest BCUT2D eigenvalue weighted by Crippen LogP contribution is -2.15. The summed E-state index contributed by atoms with van der Waals surface area (Å²) < 4.78 is 0. The van der Waals surface area contributed by atoms with Crippen molar-refractivity contribution in [2.75, 3.05) is 5.32 Å². The number of carbonyl (C=O) groups is 2. The van der Waals surface area contributed by atoms with Gasteiger partial charge in [0.1, 0.15) is 0 Å². The number of amides is 1. The van der Waals surface area contributed by atoms with Crippen molar-refractivity contribution in [2.24, 2.45) is 0 Å². The van der Waals surface area contributed by atoms with E-state index in [1.54, 1.807) is 48.5 Å². The standard InChI is InChI=1S/C21H16ClNO2/c1-14-7-12-19(23-21(25)16-8-10-17(22)11-9-16)18(13-14)20(24)15-5-3-2-4-6-15/h2-13H,1H3,(H,23,25). The summed E-state index contributed by atoms with van der Waals surface area (Å²) in [6.07, 6.45) is 0. The summed E-state index contributed by atoms with van der Waals surface area (Å²) in [5.41, 5.74) is 2.95. The number of ketones is 1. The number of anilines is 1. The Morgan fingerprint density at radius 2 is 1.52 bits per heavy atom. The molecule has 0 fully saturated rings. The summed E-state index contributed by atoms with van der Waals surface area (Å²) in [5, 5.41) is 3.38. The summed E-state index contributed by atoms with van der Waals surface area (Å²) in [7, 11) is 0. The number of benzene rings is 3. The van der Waals surface area contributed by atoms with E-state index >= 15 is 0 Å². The van der Waals surface area contributed by atoms with Crippen LogP contribution in [0.1, 0.15) is 31.8 Å². The van der Waals surface area contributed by atoms with Gasteiger partial charge in [0.25, 0.3) is 5.91 Å². The Balaban J connectivity index is 1.93. The average molecular weight is 350 g/mol. The lowest BCUT2D eigenvalue weighted by atomic mass is 9.99. The normalized spacial score (nSPS) is 10.3. The van der Waals surface area contributed by atoms with E-state index in [2.05, 4.69) is 5.32 Å². The van der Waals surface area contributed by atoms with E-state index in [9.17, 15) is 9.59 Å². The SMILES string of the molecule is Cc1ccc(NC(=O)c2ccc(Cl)cc2)c(C(=O)c2ccccc2)c1. The molecule has 3 rings (SSSR count). The molecule has 0 spiro atoms. The van der Waals surface area contributed by atoms with Crippen LogP contribution < -0.4 is 5.32 Å². The molecule has 0 unspecified atom stereocenters. The minimum absolute atomic E-state index is 0.129. The highest BCUT2D eigenvalue weighted by Crippen LogP contribution is 2.22. The number of aryl methyl sites for hydroxylation is 1. The first-order valence-electron chi connectivity index (χ1n) is 7.82. The van der Waals surface area contributed by atoms with E-state index in [0.29, 0.717) is 27.4 Å². The van der Waals surface area contributed by atoms with Gasteiger partial charge in [-0.25, -0.2) is 0 Å². The first kappa shape index (κ1) is 16.9. The molecule has 0 atom stereocenters. The fourth-order valence-electron chi connectivity index (χ4n) is 2.50. The van der Waals surface area contributed by atoms with Crippen LogP contribution >= 0.6 is 11.6 Å². The van der Waals surface area contributed by atoms with Crippen molar-refractivity contribution in [3.05, 3.63) is 100 Å². The van der Waals surface area contributed by atoms with Crippen LogP contribution in [0.25, 0.3) is 0 Å². The zero-order chi connectivity index (χ0) is 17.8. The van der Waals surface area contributed by atoms with Crippen LogP contribution in [0.4, 0.5) is 5.69 Å². The molecule has 0 heterocycles. The van der Waals surface area contributed by atoms with Gasteiger partial charge in [0.2, 0.25) is 0 Å². The number of hydrogen-bond acceptors (Lipinski definition) is 2. The van der Waals surface area contributed by atoms with E-state index in [-0.39, 0.29) is 11.7 Å². The maximum absolute atomic E-state index is 12.8. The van der Waals surface area contributed by atoms with Crippen LogP contribution in [0, 0.1) is 6.92 Å². The van der Waals surface area contributed by atoms with E-state index in [4.69, 9.17) is 11.6 Å². The van der Waals surface area contributed by atoms with Gasteiger partial charge in [-0.3, -0.25) is 9.59 Å². The quantitative estimate of drug-likeness (QED) is 0.663. The van der Waals surface area contributed by atoms with Crippen LogP contribution in [0.2, 0.25) is 5.02 Å². The molecule has 1 N–H and O–H groups in total. The van der Waals surface area contributed by atoms with Gasteiger partial charge in [-0.15, -0.1) is 0 Å². The maximum Gasteiger partial charge on any atom is 0.255 e. The minimum atomic E-state index is -0.289. The Bertz CT molecular complexity index is 918. The Morgan fingerprint density at radius 3 is 2.20 bits per heavy atom. The van der Waals surface area contributed by atoms with Crippen molar-refractivity contribution >= 4 is 29.0 Å². The van der Waals surface area contributed by atoms with Crippen LogP contribution in [0.3, 0.4) is 0 Å². The average Bonchev–Trinajstić information content (AvgIpc) is 2.64. The van der Waals surface area contributed by atoms with Crippen LogP contribution in [0.5, 0.6) is 0 Å². The van der Waals surface area contributed by atoms with E-state index in [0.717, 1.165) is 5.56 Å². The summed E-state index contributed by atoms with van der Waals surface area (Å²) >= 11 is 5.85. The lowest BCUT2D eigenvalue weighted by Gasteiger charge is -2.12. The van der Waals surface area contributed by atoms with Gasteiger partial charge >= 0.3 is 0 Å². The molecular weight excluding hydrogens is 334 g/mol. The summed E-state index contributed by atoms with van der Waals surface area (Å²) in [6, 6.07) is 21.0. The summed E-state index contributed by atoms with van der Waals surface area (Å²) in [4.78, 5) is 25.3. The molecule has 0 saturated carbocycles. The van der Waals surface area contributed by atoms with Gasteiger partial charge < -0.3 is 5.32 Å². The highest BCUT2D eigenvalue weighted by Gasteiger charge is 2.16. The fraction of sp³-hybridized carbons (Fsp3) is 0.0476. The smallest absolute Gasteiger partial charge is 0.255 e. The predicted molar refractivity (Wildman–Crippen MR) is 100 cm³/mol. The zero-order valence-corrected chi connectivity index (χ0v) is 14.4. The highest BCUT2D eigenvalue weighted by molar-refractivity contribution is 6.30. The summed E-state index contributed by atoms with van der Waals surface area (Å²) in [5.74, 6) is -0.418. The van der Waals surface area contributed by atoms with Crippen LogP contribution in [-0.4, -0.2) is 11.7 Å². The van der Waals surface area contributed by atoms with Crippen molar-refractivity contribution in [1.82, 2.24) is 0 Å². The van der Waals surface area contributed by atoms with Crippen molar-refractivity contribution in [3.63, 3.8) is 0 Å². The minimum Gasteiger partial charge on any atom is -0.321 e. The van der Waals surface area contributed by atoms with Crippen LogP contribution in [0.15, 0.2) is 72.8 Å². The van der Waals surface area contributed by atoms with Gasteiger partial charge in [0.15, 0.2) is 5.78 Å². The van der Waals surface area contributed by atoms with Crippen molar-refractivity contribution < 1.29 is 9.59 Å². The number of halogens is 1. The molecule has 0 aromatic heterocycles. The van der Waals surface area contributed by atoms with Gasteiger partial charge in [-0.1, -0.05) is 53.6 Å². The van der Waals surface area contributed by atoms with E-state index < -0.39 is 0 Å². The molecule has 124 valence electrons. The van der Waals surface area contributed by atoms with Gasteiger partial charge in [0.05, 0.1) is 5.69 Å². The Kier molecular flexibility index (Phi) is 4.96. The maximum atomic E-state index is 12.8. The van der Waals surface area contributed by atoms with E-state index in [1.165, 1.54) is 0 Å². The molecule has 0 saturated heterocycles. The highest BCUT2D eigenvalue weighted by atomic mass is 35.5. The number of nitrogens with one attached hydrogen (secondary N) is 1. The molecule has 0 aliphatic heterocycles. The molecule has 0 aliphatic rings. The monoisotopic (exact) mass is 349 g/mol. The molecular formula is C21H16ClNO2. The van der Waals surface area contributed by atoms with E-state index in [1.807, 2.05) is 31.2 Å². The number of carbonyl (C=O) groups excluding carboxylic acids is 2. The number of hydrogen-bond donors (Lipinski definition) is 1. The lowest BCUT2D eigenvalue weighted by molar-refractivity contribution is 0.102. The molecule has 3 nitrogen and oxygen atoms in total. The molecule has 4 heteroatoms. The molecule has 1 amide bonds. The summed E-state index contributed by atoms with van der Waals surface area (Å²) in [6.45, 7) is 1.91. The molecule has 3 aromatic rings. The Hall–Kier alpha value is -2.91. The largest absolute Gasteiger partial charge is 0.321 e. The zero-order valence-electron chi connectivity index (χ0n) is 13.6. The predicted octanol–water partition coefficient (Wildman–Crippen LogP) is 5.13. The van der Waals surface area contributed by atoms with Crippen molar-refractivity contribution in [1.29, 1.82) is 0 Å². The second-order valence-electron chi connectivity index (χ2n) is 5.71. The molecule has 0 bridgehead atoms. The molecule has 0 radical (unpaired) electrons. The van der Waals surface area contributed by atoms with Crippen molar-refractivity contribution in [3.8, 4) is 0 Å². The van der Waals surface area contributed by atoms with Crippen molar-refractivity contribution in [2.45, 2.75) is 6.92 Å². The topological polar surface area (TPSA) is 46.2 Å². The molecule has 0 aliphatic carbocycles. The second kappa shape index (κ2) is 7.32. The second-order valence-corrected chi connectivity index (χ2v) is 6.14. The third-order valence-electron chi connectivity index (χ3n) is 3.81. The fourth-order valence-corrected chi connectivity index (χ4v) is 2.62. The third kappa shape index (κ3) is 3.95. The number of rotatable bonds is 4. The first-order chi connectivity index (χ1) is 12.0.